The molecule has 1 atom stereocenters. The van der Waals surface area contributed by atoms with E-state index in [1.165, 1.54) is 6.26 Å². The summed E-state index contributed by atoms with van der Waals surface area (Å²) in [7, 11) is -3.11. The van der Waals surface area contributed by atoms with Crippen molar-refractivity contribution in [2.45, 2.75) is 17.9 Å². The molecule has 13 heavy (non-hydrogen) atoms. The highest BCUT2D eigenvalue weighted by Crippen LogP contribution is 2.15. The minimum absolute atomic E-state index is 0.137. The molecule has 0 aliphatic rings. The zero-order valence-electron chi connectivity index (χ0n) is 7.69. The van der Waals surface area contributed by atoms with Gasteiger partial charge in [-0.25, -0.2) is 8.42 Å². The lowest BCUT2D eigenvalue weighted by Crippen LogP contribution is -2.06. The first kappa shape index (κ1) is 10.2. The summed E-state index contributed by atoms with van der Waals surface area (Å²) in [6.45, 7) is 1.82. The Bertz CT molecular complexity index is 396. The first-order chi connectivity index (χ1) is 5.91. The van der Waals surface area contributed by atoms with E-state index in [0.29, 0.717) is 4.90 Å². The number of hydrogen-bond acceptors (Lipinski definition) is 3. The van der Waals surface area contributed by atoms with Crippen molar-refractivity contribution in [3.8, 4) is 0 Å². The Morgan fingerprint density at radius 3 is 2.46 bits per heavy atom. The monoisotopic (exact) mass is 199 g/mol. The molecule has 72 valence electrons. The molecule has 0 saturated heterocycles. The molecule has 0 saturated carbocycles. The summed E-state index contributed by atoms with van der Waals surface area (Å²) in [5.74, 6) is 0. The van der Waals surface area contributed by atoms with Crippen LogP contribution in [0.25, 0.3) is 0 Å². The van der Waals surface area contributed by atoms with Gasteiger partial charge >= 0.3 is 0 Å². The lowest BCUT2D eigenvalue weighted by molar-refractivity contribution is 0.601. The number of hydrogen-bond donors (Lipinski definition) is 1. The molecule has 1 aromatic rings. The second-order valence-electron chi connectivity index (χ2n) is 3.13. The maximum absolute atomic E-state index is 11.2. The fraction of sp³-hybridized carbons (Fsp3) is 0.333. The van der Waals surface area contributed by atoms with Crippen molar-refractivity contribution < 1.29 is 8.42 Å². The second kappa shape index (κ2) is 3.47. The van der Waals surface area contributed by atoms with Gasteiger partial charge in [-0.2, -0.15) is 0 Å². The smallest absolute Gasteiger partial charge is 0.175 e. The maximum atomic E-state index is 11.2. The van der Waals surface area contributed by atoms with E-state index in [0.717, 1.165) is 5.56 Å². The van der Waals surface area contributed by atoms with E-state index < -0.39 is 9.84 Å². The predicted octanol–water partition coefficient (Wildman–Crippen LogP) is 1.11. The van der Waals surface area contributed by atoms with Gasteiger partial charge in [-0.05, 0) is 24.6 Å². The van der Waals surface area contributed by atoms with Crippen LogP contribution in [0, 0.1) is 0 Å². The van der Waals surface area contributed by atoms with Crippen LogP contribution in [0.5, 0.6) is 0 Å². The first-order valence-electron chi connectivity index (χ1n) is 3.97. The topological polar surface area (TPSA) is 60.2 Å². The highest BCUT2D eigenvalue weighted by molar-refractivity contribution is 7.90. The Hall–Kier alpha value is -0.870. The van der Waals surface area contributed by atoms with E-state index in [1.807, 2.05) is 13.0 Å². The van der Waals surface area contributed by atoms with Gasteiger partial charge in [-0.1, -0.05) is 12.1 Å². The summed E-state index contributed by atoms with van der Waals surface area (Å²) in [5, 5.41) is 0. The van der Waals surface area contributed by atoms with E-state index in [9.17, 15) is 8.42 Å². The fourth-order valence-corrected chi connectivity index (χ4v) is 1.70. The van der Waals surface area contributed by atoms with Gasteiger partial charge in [0, 0.05) is 12.3 Å². The Morgan fingerprint density at radius 1 is 1.38 bits per heavy atom. The van der Waals surface area contributed by atoms with Gasteiger partial charge in [0.1, 0.15) is 0 Å². The highest BCUT2D eigenvalue weighted by atomic mass is 32.2. The molecule has 0 spiro atoms. The summed E-state index contributed by atoms with van der Waals surface area (Å²) in [5.41, 5.74) is 6.47. The quantitative estimate of drug-likeness (QED) is 0.776. The summed E-state index contributed by atoms with van der Waals surface area (Å²) < 4.78 is 22.3. The summed E-state index contributed by atoms with van der Waals surface area (Å²) in [6.07, 6.45) is 1.19. The summed E-state index contributed by atoms with van der Waals surface area (Å²) in [4.78, 5) is 0.322. The lowest BCUT2D eigenvalue weighted by atomic mass is 10.1. The molecule has 0 bridgehead atoms. The summed E-state index contributed by atoms with van der Waals surface area (Å²) >= 11 is 0. The van der Waals surface area contributed by atoms with E-state index in [4.69, 9.17) is 5.73 Å². The normalized spacial score (nSPS) is 14.1. The van der Waals surface area contributed by atoms with Crippen molar-refractivity contribution in [2.75, 3.05) is 6.26 Å². The average Bonchev–Trinajstić information content (AvgIpc) is 2.03. The van der Waals surface area contributed by atoms with Crippen LogP contribution in [-0.4, -0.2) is 14.7 Å². The standard InChI is InChI=1S/C9H13NO2S/c1-7(10)8-4-3-5-9(6-8)13(2,11)12/h3-7H,10H2,1-2H3/t7-/m0/s1. The highest BCUT2D eigenvalue weighted by Gasteiger charge is 2.08. The van der Waals surface area contributed by atoms with Crippen molar-refractivity contribution in [1.29, 1.82) is 0 Å². The van der Waals surface area contributed by atoms with E-state index >= 15 is 0 Å². The van der Waals surface area contributed by atoms with Gasteiger partial charge in [-0.15, -0.1) is 0 Å². The number of nitrogens with two attached hydrogens (primary N) is 1. The molecule has 0 aromatic heterocycles. The largest absolute Gasteiger partial charge is 0.324 e. The predicted molar refractivity (Wildman–Crippen MR) is 52.2 cm³/mol. The molecule has 0 fully saturated rings. The van der Waals surface area contributed by atoms with Crippen LogP contribution in [0.15, 0.2) is 29.2 Å². The molecule has 0 radical (unpaired) electrons. The zero-order chi connectivity index (χ0) is 10.1. The molecule has 0 aliphatic heterocycles. The molecule has 0 heterocycles. The molecule has 4 heteroatoms. The first-order valence-corrected chi connectivity index (χ1v) is 5.86. The van der Waals surface area contributed by atoms with Crippen LogP contribution < -0.4 is 5.73 Å². The van der Waals surface area contributed by atoms with Gasteiger partial charge in [-0.3, -0.25) is 0 Å². The van der Waals surface area contributed by atoms with Crippen molar-refractivity contribution in [2.24, 2.45) is 5.73 Å². The van der Waals surface area contributed by atoms with Crippen LogP contribution in [0.4, 0.5) is 0 Å². The molecule has 2 N–H and O–H groups in total. The molecule has 1 aromatic carbocycles. The van der Waals surface area contributed by atoms with Crippen LogP contribution >= 0.6 is 0 Å². The molecule has 0 unspecified atom stereocenters. The van der Waals surface area contributed by atoms with Crippen molar-refractivity contribution in [3.63, 3.8) is 0 Å². The number of benzene rings is 1. The molecule has 3 nitrogen and oxygen atoms in total. The minimum Gasteiger partial charge on any atom is -0.324 e. The number of rotatable bonds is 2. The van der Waals surface area contributed by atoms with E-state index in [-0.39, 0.29) is 6.04 Å². The Balaban J connectivity index is 3.21. The van der Waals surface area contributed by atoms with Gasteiger partial charge in [0.15, 0.2) is 9.84 Å². The Kier molecular flexibility index (Phi) is 2.73. The Labute approximate surface area is 78.5 Å². The van der Waals surface area contributed by atoms with Crippen LogP contribution in [-0.2, 0) is 9.84 Å². The molecule has 0 amide bonds. The lowest BCUT2D eigenvalue weighted by Gasteiger charge is -2.06. The van der Waals surface area contributed by atoms with Crippen molar-refractivity contribution in [3.05, 3.63) is 29.8 Å². The van der Waals surface area contributed by atoms with E-state index in [2.05, 4.69) is 0 Å². The maximum Gasteiger partial charge on any atom is 0.175 e. The van der Waals surface area contributed by atoms with Crippen molar-refractivity contribution >= 4 is 9.84 Å². The third kappa shape index (κ3) is 2.54. The number of sulfone groups is 1. The van der Waals surface area contributed by atoms with Gasteiger partial charge in [0.05, 0.1) is 4.90 Å². The van der Waals surface area contributed by atoms with Gasteiger partial charge in [0.2, 0.25) is 0 Å². The molecular weight excluding hydrogens is 186 g/mol. The minimum atomic E-state index is -3.11. The van der Waals surface area contributed by atoms with Gasteiger partial charge < -0.3 is 5.73 Å². The van der Waals surface area contributed by atoms with E-state index in [1.54, 1.807) is 18.2 Å². The van der Waals surface area contributed by atoms with Crippen LogP contribution in [0.2, 0.25) is 0 Å². The third-order valence-electron chi connectivity index (χ3n) is 1.81. The molecule has 0 aliphatic carbocycles. The fourth-order valence-electron chi connectivity index (χ4n) is 1.03. The Morgan fingerprint density at radius 2 is 2.00 bits per heavy atom. The SMILES string of the molecule is C[C@H](N)c1cccc(S(C)(=O)=O)c1. The zero-order valence-corrected chi connectivity index (χ0v) is 8.51. The third-order valence-corrected chi connectivity index (χ3v) is 2.92. The molecular formula is C9H13NO2S. The van der Waals surface area contributed by atoms with Gasteiger partial charge in [0.25, 0.3) is 0 Å². The molecule has 1 rings (SSSR count). The van der Waals surface area contributed by atoms with Crippen LogP contribution in [0.1, 0.15) is 18.5 Å². The summed E-state index contributed by atoms with van der Waals surface area (Å²) in [6, 6.07) is 6.57. The van der Waals surface area contributed by atoms with Crippen molar-refractivity contribution in [1.82, 2.24) is 0 Å². The average molecular weight is 199 g/mol. The second-order valence-corrected chi connectivity index (χ2v) is 5.15. The van der Waals surface area contributed by atoms with Crippen LogP contribution in [0.3, 0.4) is 0 Å².